The average molecular weight is 420 g/mol. The topological polar surface area (TPSA) is 70.6 Å². The summed E-state index contributed by atoms with van der Waals surface area (Å²) in [5.74, 6) is 1.62. The Kier molecular flexibility index (Phi) is 10.5. The van der Waals surface area contributed by atoms with Gasteiger partial charge in [-0.1, -0.05) is 0 Å². The van der Waals surface area contributed by atoms with Crippen LogP contribution in [0.3, 0.4) is 0 Å². The fraction of sp³-hybridized carbons (Fsp3) is 0.722. The number of likely N-dealkylation sites (N-methyl/N-ethyl adjacent to an activating group) is 1. The molecule has 0 bridgehead atoms. The minimum Gasteiger partial charge on any atom is -0.377 e. The number of likely N-dealkylation sites (tertiary alicyclic amines) is 2. The van der Waals surface area contributed by atoms with Crippen molar-refractivity contribution in [2.75, 3.05) is 40.3 Å². The van der Waals surface area contributed by atoms with Crippen molar-refractivity contribution < 1.29 is 9.53 Å². The number of fused-ring (bicyclic) bond motifs is 1. The second-order valence-corrected chi connectivity index (χ2v) is 7.02. The predicted molar refractivity (Wildman–Crippen MR) is 109 cm³/mol. The number of carbonyl (C=O) groups excluding carboxylic acids is 1. The highest BCUT2D eigenvalue weighted by Crippen LogP contribution is 2.31. The molecule has 0 spiro atoms. The maximum absolute atomic E-state index is 12.3. The molecule has 0 radical (unpaired) electrons. The summed E-state index contributed by atoms with van der Waals surface area (Å²) < 4.78 is 5.05. The number of amides is 1. The molecule has 1 amide bonds. The molecule has 3 rings (SSSR count). The van der Waals surface area contributed by atoms with Gasteiger partial charge in [-0.15, -0.1) is 24.8 Å². The van der Waals surface area contributed by atoms with Crippen LogP contribution in [-0.2, 0) is 22.7 Å². The molecular formula is C18H31Cl2N5O2. The highest BCUT2D eigenvalue weighted by Gasteiger charge is 2.38. The fourth-order valence-electron chi connectivity index (χ4n) is 4.02. The zero-order valence-electron chi connectivity index (χ0n) is 16.1. The van der Waals surface area contributed by atoms with Crippen LogP contribution < -0.4 is 5.32 Å². The van der Waals surface area contributed by atoms with E-state index in [9.17, 15) is 4.79 Å². The van der Waals surface area contributed by atoms with Gasteiger partial charge in [-0.2, -0.15) is 0 Å². The van der Waals surface area contributed by atoms with Crippen LogP contribution in [0.1, 0.15) is 30.7 Å². The molecule has 154 valence electrons. The molecule has 1 aromatic rings. The standard InChI is InChI=1S/C18H29N5O2.2ClH/c1-19-6-8-23-16-5-7-22(12-15(16)3-4-18(23)24)11-14-9-20-17(13-25-2)21-10-14;;/h9-10,15-16,19H,3-8,11-13H2,1-2H3;2*1H/t15-,16+;;/m0../s1. The molecule has 1 N–H and O–H groups in total. The highest BCUT2D eigenvalue weighted by molar-refractivity contribution is 5.85. The maximum Gasteiger partial charge on any atom is 0.222 e. The zero-order valence-corrected chi connectivity index (χ0v) is 17.7. The van der Waals surface area contributed by atoms with Crippen LogP contribution in [-0.4, -0.2) is 72.1 Å². The van der Waals surface area contributed by atoms with E-state index < -0.39 is 0 Å². The number of ether oxygens (including phenoxy) is 1. The van der Waals surface area contributed by atoms with Crippen molar-refractivity contribution >= 4 is 30.7 Å². The van der Waals surface area contributed by atoms with E-state index in [1.54, 1.807) is 7.11 Å². The van der Waals surface area contributed by atoms with Crippen LogP contribution in [0.15, 0.2) is 12.4 Å². The van der Waals surface area contributed by atoms with E-state index in [4.69, 9.17) is 4.74 Å². The summed E-state index contributed by atoms with van der Waals surface area (Å²) in [6, 6.07) is 0.408. The molecule has 27 heavy (non-hydrogen) atoms. The van der Waals surface area contributed by atoms with Gasteiger partial charge >= 0.3 is 0 Å². The van der Waals surface area contributed by atoms with Gasteiger partial charge in [0.25, 0.3) is 0 Å². The van der Waals surface area contributed by atoms with E-state index in [1.807, 2.05) is 19.4 Å². The largest absolute Gasteiger partial charge is 0.377 e. The minimum atomic E-state index is 0. The number of methoxy groups -OCH3 is 1. The summed E-state index contributed by atoms with van der Waals surface area (Å²) in [6.07, 6.45) is 6.56. The zero-order chi connectivity index (χ0) is 17.6. The van der Waals surface area contributed by atoms with Gasteiger partial charge in [0.1, 0.15) is 6.61 Å². The van der Waals surface area contributed by atoms with E-state index in [2.05, 4.69) is 25.1 Å². The highest BCUT2D eigenvalue weighted by atomic mass is 35.5. The molecule has 2 aliphatic rings. The Morgan fingerprint density at radius 3 is 2.67 bits per heavy atom. The number of carbonyl (C=O) groups is 1. The summed E-state index contributed by atoms with van der Waals surface area (Å²) in [5.41, 5.74) is 1.14. The number of hydrogen-bond donors (Lipinski definition) is 1. The molecule has 2 fully saturated rings. The molecule has 2 saturated heterocycles. The molecule has 0 aliphatic carbocycles. The Labute approximate surface area is 174 Å². The molecular weight excluding hydrogens is 389 g/mol. The van der Waals surface area contributed by atoms with E-state index in [0.29, 0.717) is 30.9 Å². The van der Waals surface area contributed by atoms with Crippen LogP contribution >= 0.6 is 24.8 Å². The molecule has 2 atom stereocenters. The van der Waals surface area contributed by atoms with E-state index in [1.165, 1.54) is 0 Å². The van der Waals surface area contributed by atoms with Crippen molar-refractivity contribution in [3.8, 4) is 0 Å². The van der Waals surface area contributed by atoms with Gasteiger partial charge in [0.2, 0.25) is 5.91 Å². The minimum absolute atomic E-state index is 0. The van der Waals surface area contributed by atoms with Crippen LogP contribution in [0.4, 0.5) is 0 Å². The van der Waals surface area contributed by atoms with E-state index in [-0.39, 0.29) is 24.8 Å². The Bertz CT molecular complexity index is 575. The Hall–Kier alpha value is -0.990. The first-order chi connectivity index (χ1) is 12.2. The van der Waals surface area contributed by atoms with Gasteiger partial charge in [0.05, 0.1) is 0 Å². The quantitative estimate of drug-likeness (QED) is 0.721. The first kappa shape index (κ1) is 24.0. The lowest BCUT2D eigenvalue weighted by Crippen LogP contribution is -2.56. The summed E-state index contributed by atoms with van der Waals surface area (Å²) in [5, 5.41) is 3.16. The van der Waals surface area contributed by atoms with Gasteiger partial charge < -0.3 is 15.0 Å². The lowest BCUT2D eigenvalue weighted by molar-refractivity contribution is -0.141. The fourth-order valence-corrected chi connectivity index (χ4v) is 4.02. The molecule has 0 saturated carbocycles. The van der Waals surface area contributed by atoms with E-state index in [0.717, 1.165) is 57.0 Å². The average Bonchev–Trinajstić information content (AvgIpc) is 2.63. The Balaban J connectivity index is 0.00000182. The molecule has 9 heteroatoms. The van der Waals surface area contributed by atoms with Gasteiger partial charge in [-0.3, -0.25) is 9.69 Å². The number of nitrogens with zero attached hydrogens (tertiary/aromatic N) is 4. The van der Waals surface area contributed by atoms with Gasteiger partial charge in [0, 0.05) is 70.3 Å². The second-order valence-electron chi connectivity index (χ2n) is 7.02. The summed E-state index contributed by atoms with van der Waals surface area (Å²) in [7, 11) is 3.59. The Morgan fingerprint density at radius 2 is 2.00 bits per heavy atom. The van der Waals surface area contributed by atoms with Crippen LogP contribution in [0.2, 0.25) is 0 Å². The van der Waals surface area contributed by atoms with Gasteiger partial charge in [-0.05, 0) is 25.8 Å². The van der Waals surface area contributed by atoms with Crippen LogP contribution in [0.25, 0.3) is 0 Å². The smallest absolute Gasteiger partial charge is 0.222 e. The number of aromatic nitrogens is 2. The summed E-state index contributed by atoms with van der Waals surface area (Å²) in [4.78, 5) is 25.6. The SMILES string of the molecule is CNCCN1C(=O)CC[C@H]2CN(Cc3cnc(COC)nc3)CC[C@H]21.Cl.Cl. The molecule has 2 aliphatic heterocycles. The third kappa shape index (κ3) is 6.26. The number of piperidine rings is 2. The van der Waals surface area contributed by atoms with Crippen LogP contribution in [0.5, 0.6) is 0 Å². The van der Waals surface area contributed by atoms with Gasteiger partial charge in [0.15, 0.2) is 5.82 Å². The van der Waals surface area contributed by atoms with Crippen molar-refractivity contribution in [2.45, 2.75) is 38.5 Å². The third-order valence-electron chi connectivity index (χ3n) is 5.27. The first-order valence-electron chi connectivity index (χ1n) is 9.16. The maximum atomic E-state index is 12.3. The van der Waals surface area contributed by atoms with Crippen molar-refractivity contribution in [2.24, 2.45) is 5.92 Å². The van der Waals surface area contributed by atoms with Crippen molar-refractivity contribution in [1.29, 1.82) is 0 Å². The van der Waals surface area contributed by atoms with Crippen molar-refractivity contribution in [3.05, 3.63) is 23.8 Å². The monoisotopic (exact) mass is 419 g/mol. The first-order valence-corrected chi connectivity index (χ1v) is 9.16. The van der Waals surface area contributed by atoms with Crippen molar-refractivity contribution in [1.82, 2.24) is 25.1 Å². The Morgan fingerprint density at radius 1 is 1.26 bits per heavy atom. The second kappa shape index (κ2) is 11.8. The number of rotatable bonds is 7. The summed E-state index contributed by atoms with van der Waals surface area (Å²) >= 11 is 0. The third-order valence-corrected chi connectivity index (χ3v) is 5.27. The molecule has 7 nitrogen and oxygen atoms in total. The number of hydrogen-bond acceptors (Lipinski definition) is 6. The lowest BCUT2D eigenvalue weighted by atomic mass is 9.83. The van der Waals surface area contributed by atoms with E-state index >= 15 is 0 Å². The molecule has 0 aromatic carbocycles. The van der Waals surface area contributed by atoms with Crippen molar-refractivity contribution in [3.63, 3.8) is 0 Å². The predicted octanol–water partition coefficient (Wildman–Crippen LogP) is 1.50. The summed E-state index contributed by atoms with van der Waals surface area (Å²) in [6.45, 7) is 5.08. The van der Waals surface area contributed by atoms with Crippen LogP contribution in [0, 0.1) is 5.92 Å². The molecule has 3 heterocycles. The molecule has 1 aromatic heterocycles. The molecule has 0 unspecified atom stereocenters. The number of nitrogens with one attached hydrogen (secondary N) is 1. The van der Waals surface area contributed by atoms with Gasteiger partial charge in [-0.25, -0.2) is 9.97 Å². The number of halogens is 2. The lowest BCUT2D eigenvalue weighted by Gasteiger charge is -2.47. The normalized spacial score (nSPS) is 22.6.